The number of aromatic nitrogens is 1. The highest BCUT2D eigenvalue weighted by molar-refractivity contribution is 5.86. The lowest BCUT2D eigenvalue weighted by molar-refractivity contribution is -0.121. The number of alkyl carbamates (subject to hydrolysis) is 1. The van der Waals surface area contributed by atoms with Gasteiger partial charge in [0.1, 0.15) is 6.61 Å². The molecule has 0 fully saturated rings. The van der Waals surface area contributed by atoms with Crippen LogP contribution in [-0.4, -0.2) is 22.9 Å². The number of rotatable bonds is 4. The second-order valence-electron chi connectivity index (χ2n) is 5.49. The summed E-state index contributed by atoms with van der Waals surface area (Å²) in [6.07, 6.45) is 2.67. The summed E-state index contributed by atoms with van der Waals surface area (Å²) in [6, 6.07) is 2.97. The minimum Gasteiger partial charge on any atom is -0.445 e. The number of nitrogens with one attached hydrogen (secondary N) is 1. The maximum Gasteiger partial charge on any atom is 0.408 e. The van der Waals surface area contributed by atoms with Crippen LogP contribution in [0.2, 0.25) is 0 Å². The summed E-state index contributed by atoms with van der Waals surface area (Å²) in [6.45, 7) is 7.29. The van der Waals surface area contributed by atoms with Crippen molar-refractivity contribution in [2.45, 2.75) is 40.3 Å². The minimum atomic E-state index is -0.591. The van der Waals surface area contributed by atoms with Gasteiger partial charge in [-0.1, -0.05) is 20.8 Å². The summed E-state index contributed by atoms with van der Waals surface area (Å²) < 4.78 is 5.07. The van der Waals surface area contributed by atoms with Crippen LogP contribution in [0.1, 0.15) is 33.3 Å². The van der Waals surface area contributed by atoms with E-state index in [0.29, 0.717) is 0 Å². The van der Waals surface area contributed by atoms with Crippen LogP contribution >= 0.6 is 0 Å². The molecule has 19 heavy (non-hydrogen) atoms. The fourth-order valence-electron chi connectivity index (χ4n) is 1.72. The number of carbonyl (C=O) groups is 2. The number of amides is 1. The van der Waals surface area contributed by atoms with Gasteiger partial charge in [0.2, 0.25) is 0 Å². The van der Waals surface area contributed by atoms with Crippen LogP contribution < -0.4 is 5.32 Å². The largest absolute Gasteiger partial charge is 0.445 e. The molecule has 0 aliphatic rings. The van der Waals surface area contributed by atoms with Crippen LogP contribution in [0.3, 0.4) is 0 Å². The van der Waals surface area contributed by atoms with Crippen molar-refractivity contribution in [1.82, 2.24) is 10.3 Å². The predicted octanol–water partition coefficient (Wildman–Crippen LogP) is 2.31. The first-order valence-corrected chi connectivity index (χ1v) is 6.13. The predicted molar refractivity (Wildman–Crippen MR) is 71.5 cm³/mol. The fraction of sp³-hybridized carbons (Fsp3) is 0.500. The Morgan fingerprint density at radius 3 is 2.37 bits per heavy atom. The highest BCUT2D eigenvalue weighted by Gasteiger charge is 2.30. The third kappa shape index (κ3) is 5.07. The number of hydrogen-bond donors (Lipinski definition) is 1. The first-order chi connectivity index (χ1) is 8.80. The number of carbonyl (C=O) groups excluding carboxylic acids is 2. The van der Waals surface area contributed by atoms with Crippen molar-refractivity contribution in [3.63, 3.8) is 0 Å². The zero-order valence-electron chi connectivity index (χ0n) is 11.8. The van der Waals surface area contributed by atoms with Gasteiger partial charge in [-0.15, -0.1) is 0 Å². The van der Waals surface area contributed by atoms with E-state index in [1.54, 1.807) is 24.5 Å². The number of nitrogens with zero attached hydrogens (tertiary/aromatic N) is 1. The fourth-order valence-corrected chi connectivity index (χ4v) is 1.72. The molecular formula is C14H20N2O3. The molecule has 0 spiro atoms. The lowest BCUT2D eigenvalue weighted by atomic mass is 9.85. The van der Waals surface area contributed by atoms with Gasteiger partial charge in [0.15, 0.2) is 5.78 Å². The van der Waals surface area contributed by atoms with Crippen LogP contribution in [0.15, 0.2) is 24.5 Å². The third-order valence-electron chi connectivity index (χ3n) is 2.65. The Kier molecular flexibility index (Phi) is 5.03. The Balaban J connectivity index is 2.52. The number of pyridine rings is 1. The Bertz CT molecular complexity index is 438. The molecule has 0 aliphatic carbocycles. The summed E-state index contributed by atoms with van der Waals surface area (Å²) in [7, 11) is 0. The topological polar surface area (TPSA) is 68.3 Å². The van der Waals surface area contributed by atoms with Gasteiger partial charge in [0.05, 0.1) is 6.04 Å². The third-order valence-corrected chi connectivity index (χ3v) is 2.65. The van der Waals surface area contributed by atoms with E-state index in [0.717, 1.165) is 5.56 Å². The molecule has 0 saturated carbocycles. The molecule has 1 unspecified atom stereocenters. The molecule has 0 radical (unpaired) electrons. The number of Topliss-reactive ketones (excluding diaryl/α,β-unsaturated/α-hetero) is 1. The first kappa shape index (κ1) is 15.1. The molecule has 0 saturated heterocycles. The number of ether oxygens (including phenoxy) is 1. The van der Waals surface area contributed by atoms with Gasteiger partial charge >= 0.3 is 6.09 Å². The average Bonchev–Trinajstić information content (AvgIpc) is 2.33. The van der Waals surface area contributed by atoms with E-state index >= 15 is 0 Å². The summed E-state index contributed by atoms with van der Waals surface area (Å²) in [5.41, 5.74) is 0.502. The molecular weight excluding hydrogens is 244 g/mol. The smallest absolute Gasteiger partial charge is 0.408 e. The minimum absolute atomic E-state index is 0.0895. The molecule has 1 N–H and O–H groups in total. The van der Waals surface area contributed by atoms with Crippen molar-refractivity contribution in [2.75, 3.05) is 0 Å². The molecule has 5 nitrogen and oxygen atoms in total. The molecule has 1 rings (SSSR count). The zero-order valence-corrected chi connectivity index (χ0v) is 11.8. The normalized spacial score (nSPS) is 12.6. The van der Waals surface area contributed by atoms with Gasteiger partial charge < -0.3 is 10.1 Å². The van der Waals surface area contributed by atoms with E-state index in [2.05, 4.69) is 10.3 Å². The summed E-state index contributed by atoms with van der Waals surface area (Å²) in [4.78, 5) is 27.1. The molecule has 104 valence electrons. The Morgan fingerprint density at radius 2 is 1.89 bits per heavy atom. The Morgan fingerprint density at radius 1 is 1.32 bits per heavy atom. The van der Waals surface area contributed by atoms with Crippen LogP contribution in [0.25, 0.3) is 0 Å². The summed E-state index contributed by atoms with van der Waals surface area (Å²) in [5.74, 6) is -0.0895. The Hall–Kier alpha value is -1.91. The maximum absolute atomic E-state index is 11.7. The van der Waals surface area contributed by atoms with Gasteiger partial charge in [-0.25, -0.2) is 4.79 Å². The van der Waals surface area contributed by atoms with Crippen LogP contribution in [0, 0.1) is 5.41 Å². The lowest BCUT2D eigenvalue weighted by Gasteiger charge is -2.28. The molecule has 0 aliphatic heterocycles. The van der Waals surface area contributed by atoms with Crippen molar-refractivity contribution < 1.29 is 14.3 Å². The van der Waals surface area contributed by atoms with Crippen LogP contribution in [-0.2, 0) is 16.1 Å². The molecule has 1 amide bonds. The molecule has 1 aromatic heterocycles. The van der Waals surface area contributed by atoms with Crippen molar-refractivity contribution in [3.8, 4) is 0 Å². The van der Waals surface area contributed by atoms with Crippen LogP contribution in [0.4, 0.5) is 4.79 Å². The van der Waals surface area contributed by atoms with Crippen molar-refractivity contribution in [1.29, 1.82) is 0 Å². The molecule has 1 heterocycles. The first-order valence-electron chi connectivity index (χ1n) is 6.13. The van der Waals surface area contributed by atoms with E-state index in [9.17, 15) is 9.59 Å². The summed E-state index contributed by atoms with van der Waals surface area (Å²) >= 11 is 0. The van der Waals surface area contributed by atoms with Gasteiger partial charge in [-0.3, -0.25) is 9.78 Å². The van der Waals surface area contributed by atoms with Crippen LogP contribution in [0.5, 0.6) is 0 Å². The molecule has 0 aromatic carbocycles. The highest BCUT2D eigenvalue weighted by atomic mass is 16.5. The molecule has 1 aromatic rings. The average molecular weight is 264 g/mol. The molecule has 1 atom stereocenters. The second-order valence-corrected chi connectivity index (χ2v) is 5.49. The number of hydrogen-bond acceptors (Lipinski definition) is 4. The van der Waals surface area contributed by atoms with Crippen molar-refractivity contribution >= 4 is 11.9 Å². The van der Waals surface area contributed by atoms with Crippen molar-refractivity contribution in [3.05, 3.63) is 30.1 Å². The molecule has 0 bridgehead atoms. The van der Waals surface area contributed by atoms with E-state index in [-0.39, 0.29) is 17.8 Å². The van der Waals surface area contributed by atoms with E-state index in [1.165, 1.54) is 6.92 Å². The van der Waals surface area contributed by atoms with Gasteiger partial charge in [-0.2, -0.15) is 0 Å². The lowest BCUT2D eigenvalue weighted by Crippen LogP contribution is -2.48. The zero-order chi connectivity index (χ0) is 14.5. The standard InChI is InChI=1S/C14H20N2O3/c1-10(17)12(14(2,3)4)16-13(18)19-9-11-5-7-15-8-6-11/h5-8,12H,9H2,1-4H3,(H,16,18). The maximum atomic E-state index is 11.7. The van der Waals surface area contributed by atoms with Gasteiger partial charge in [0.25, 0.3) is 0 Å². The number of ketones is 1. The molecule has 5 heteroatoms. The summed E-state index contributed by atoms with van der Waals surface area (Å²) in [5, 5.41) is 2.60. The van der Waals surface area contributed by atoms with E-state index in [4.69, 9.17) is 4.74 Å². The van der Waals surface area contributed by atoms with Gasteiger partial charge in [-0.05, 0) is 30.0 Å². The highest BCUT2D eigenvalue weighted by Crippen LogP contribution is 2.20. The van der Waals surface area contributed by atoms with E-state index in [1.807, 2.05) is 20.8 Å². The monoisotopic (exact) mass is 264 g/mol. The Labute approximate surface area is 113 Å². The second kappa shape index (κ2) is 6.31. The quantitative estimate of drug-likeness (QED) is 0.906. The van der Waals surface area contributed by atoms with Crippen molar-refractivity contribution in [2.24, 2.45) is 5.41 Å². The SMILES string of the molecule is CC(=O)C(NC(=O)OCc1ccncc1)C(C)(C)C. The van der Waals surface area contributed by atoms with Gasteiger partial charge in [0, 0.05) is 12.4 Å². The van der Waals surface area contributed by atoms with E-state index < -0.39 is 12.1 Å².